The molecule has 5 nitrogen and oxygen atoms in total. The van der Waals surface area contributed by atoms with Crippen LogP contribution in [0.3, 0.4) is 0 Å². The minimum Gasteiger partial charge on any atom is -0.489 e. The van der Waals surface area contributed by atoms with E-state index in [-0.39, 0.29) is 11.7 Å². The smallest absolute Gasteiger partial charge is 0.226 e. The SMILES string of the molecule is Cc1cnn(CCC(=O)Nc2cccc(OCc3ccc(F)cc3)c2)c1. The average molecular weight is 353 g/mol. The highest BCUT2D eigenvalue weighted by atomic mass is 19.1. The number of anilines is 1. The van der Waals surface area contributed by atoms with Crippen LogP contribution < -0.4 is 10.1 Å². The van der Waals surface area contributed by atoms with Gasteiger partial charge in [0.15, 0.2) is 0 Å². The van der Waals surface area contributed by atoms with E-state index in [1.165, 1.54) is 12.1 Å². The first-order chi connectivity index (χ1) is 12.6. The van der Waals surface area contributed by atoms with Crippen molar-refractivity contribution in [3.8, 4) is 5.75 Å². The van der Waals surface area contributed by atoms with Crippen LogP contribution in [0.15, 0.2) is 60.9 Å². The standard InChI is InChI=1S/C20H20FN3O2/c1-15-12-22-24(13-15)10-9-20(25)23-18-3-2-4-19(11-18)26-14-16-5-7-17(21)8-6-16/h2-8,11-13H,9-10,14H2,1H3,(H,23,25). The third-order valence-electron chi connectivity index (χ3n) is 3.77. The molecular formula is C20H20FN3O2. The lowest BCUT2D eigenvalue weighted by Crippen LogP contribution is -2.14. The molecule has 2 aromatic carbocycles. The van der Waals surface area contributed by atoms with Crippen LogP contribution in [0.25, 0.3) is 0 Å². The van der Waals surface area contributed by atoms with Crippen LogP contribution in [-0.4, -0.2) is 15.7 Å². The first-order valence-electron chi connectivity index (χ1n) is 8.35. The van der Waals surface area contributed by atoms with Gasteiger partial charge in [0.2, 0.25) is 5.91 Å². The summed E-state index contributed by atoms with van der Waals surface area (Å²) in [5.41, 5.74) is 2.61. The van der Waals surface area contributed by atoms with Crippen molar-refractivity contribution in [1.29, 1.82) is 0 Å². The molecule has 0 unspecified atom stereocenters. The molecule has 0 spiro atoms. The Kier molecular flexibility index (Phi) is 5.63. The third-order valence-corrected chi connectivity index (χ3v) is 3.77. The fraction of sp³-hybridized carbons (Fsp3) is 0.200. The number of hydrogen-bond donors (Lipinski definition) is 1. The van der Waals surface area contributed by atoms with Gasteiger partial charge in [-0.1, -0.05) is 18.2 Å². The molecule has 0 saturated heterocycles. The number of hydrogen-bond acceptors (Lipinski definition) is 3. The van der Waals surface area contributed by atoms with Crippen molar-refractivity contribution in [2.45, 2.75) is 26.5 Å². The molecule has 134 valence electrons. The van der Waals surface area contributed by atoms with Crippen LogP contribution in [0.1, 0.15) is 17.5 Å². The summed E-state index contributed by atoms with van der Waals surface area (Å²) in [5.74, 6) is 0.271. The number of carbonyl (C=O) groups is 1. The van der Waals surface area contributed by atoms with Crippen molar-refractivity contribution in [3.05, 3.63) is 77.9 Å². The average Bonchev–Trinajstić information content (AvgIpc) is 3.05. The van der Waals surface area contributed by atoms with E-state index >= 15 is 0 Å². The normalized spacial score (nSPS) is 10.5. The van der Waals surface area contributed by atoms with Crippen molar-refractivity contribution in [2.75, 3.05) is 5.32 Å². The highest BCUT2D eigenvalue weighted by molar-refractivity contribution is 5.90. The van der Waals surface area contributed by atoms with E-state index in [2.05, 4.69) is 10.4 Å². The van der Waals surface area contributed by atoms with Gasteiger partial charge in [-0.2, -0.15) is 5.10 Å². The summed E-state index contributed by atoms with van der Waals surface area (Å²) < 4.78 is 20.4. The molecule has 0 fully saturated rings. The van der Waals surface area contributed by atoms with Crippen molar-refractivity contribution < 1.29 is 13.9 Å². The Morgan fingerprint density at radius 2 is 2.04 bits per heavy atom. The second kappa shape index (κ2) is 8.29. The van der Waals surface area contributed by atoms with E-state index in [1.54, 1.807) is 35.1 Å². The van der Waals surface area contributed by atoms with Crippen molar-refractivity contribution in [3.63, 3.8) is 0 Å². The zero-order valence-corrected chi connectivity index (χ0v) is 14.5. The Hall–Kier alpha value is -3.15. The number of aryl methyl sites for hydroxylation is 2. The van der Waals surface area contributed by atoms with Gasteiger partial charge >= 0.3 is 0 Å². The predicted octanol–water partition coefficient (Wildman–Crippen LogP) is 3.94. The summed E-state index contributed by atoms with van der Waals surface area (Å²) in [6, 6.07) is 13.3. The van der Waals surface area contributed by atoms with Crippen molar-refractivity contribution in [2.24, 2.45) is 0 Å². The van der Waals surface area contributed by atoms with Gasteiger partial charge < -0.3 is 10.1 Å². The van der Waals surface area contributed by atoms with E-state index < -0.39 is 0 Å². The molecule has 1 N–H and O–H groups in total. The van der Waals surface area contributed by atoms with E-state index in [0.717, 1.165) is 11.1 Å². The lowest BCUT2D eigenvalue weighted by atomic mass is 10.2. The van der Waals surface area contributed by atoms with Gasteiger partial charge in [0.1, 0.15) is 18.2 Å². The van der Waals surface area contributed by atoms with E-state index in [0.29, 0.717) is 31.0 Å². The zero-order valence-electron chi connectivity index (χ0n) is 14.5. The maximum absolute atomic E-state index is 12.9. The van der Waals surface area contributed by atoms with Crippen molar-refractivity contribution >= 4 is 11.6 Å². The largest absolute Gasteiger partial charge is 0.489 e. The summed E-state index contributed by atoms with van der Waals surface area (Å²) >= 11 is 0. The topological polar surface area (TPSA) is 56.2 Å². The fourth-order valence-electron chi connectivity index (χ4n) is 2.44. The number of nitrogens with one attached hydrogen (secondary N) is 1. The quantitative estimate of drug-likeness (QED) is 0.700. The lowest BCUT2D eigenvalue weighted by Gasteiger charge is -2.09. The van der Waals surface area contributed by atoms with Gasteiger partial charge in [-0.3, -0.25) is 9.48 Å². The van der Waals surface area contributed by atoms with E-state index in [1.807, 2.05) is 25.3 Å². The predicted molar refractivity (Wildman–Crippen MR) is 97.4 cm³/mol. The first kappa shape index (κ1) is 17.7. The number of carbonyl (C=O) groups excluding carboxylic acids is 1. The second-order valence-electron chi connectivity index (χ2n) is 6.02. The molecule has 3 aromatic rings. The van der Waals surface area contributed by atoms with E-state index in [4.69, 9.17) is 4.74 Å². The molecule has 0 bridgehead atoms. The molecule has 0 saturated carbocycles. The minimum atomic E-state index is -0.274. The van der Waals surface area contributed by atoms with Gasteiger partial charge in [-0.05, 0) is 42.3 Å². The number of rotatable bonds is 7. The Bertz CT molecular complexity index is 875. The molecule has 26 heavy (non-hydrogen) atoms. The number of ether oxygens (including phenoxy) is 1. The minimum absolute atomic E-state index is 0.0890. The van der Waals surface area contributed by atoms with Gasteiger partial charge in [-0.15, -0.1) is 0 Å². The molecule has 3 rings (SSSR count). The van der Waals surface area contributed by atoms with E-state index in [9.17, 15) is 9.18 Å². The number of benzene rings is 2. The summed E-state index contributed by atoms with van der Waals surface area (Å²) in [5, 5.41) is 7.02. The molecule has 0 atom stereocenters. The van der Waals surface area contributed by atoms with Crippen LogP contribution >= 0.6 is 0 Å². The molecule has 1 heterocycles. The van der Waals surface area contributed by atoms with Crippen molar-refractivity contribution in [1.82, 2.24) is 9.78 Å². The highest BCUT2D eigenvalue weighted by Crippen LogP contribution is 2.19. The maximum atomic E-state index is 12.9. The van der Waals surface area contributed by atoms with Crippen LogP contribution in [0.2, 0.25) is 0 Å². The first-order valence-corrected chi connectivity index (χ1v) is 8.35. The molecule has 1 aromatic heterocycles. The zero-order chi connectivity index (χ0) is 18.4. The molecule has 0 aliphatic rings. The summed E-state index contributed by atoms with van der Waals surface area (Å²) in [7, 11) is 0. The van der Waals surface area contributed by atoms with Gasteiger partial charge in [-0.25, -0.2) is 4.39 Å². The molecule has 0 radical (unpaired) electrons. The summed E-state index contributed by atoms with van der Waals surface area (Å²) in [4.78, 5) is 12.1. The highest BCUT2D eigenvalue weighted by Gasteiger charge is 2.05. The van der Waals surface area contributed by atoms with Crippen LogP contribution in [0.5, 0.6) is 5.75 Å². The number of amides is 1. The van der Waals surface area contributed by atoms with Crippen LogP contribution in [0.4, 0.5) is 10.1 Å². The summed E-state index contributed by atoms with van der Waals surface area (Å²) in [6.07, 6.45) is 4.00. The Labute approximate surface area is 151 Å². The maximum Gasteiger partial charge on any atom is 0.226 e. The fourth-order valence-corrected chi connectivity index (χ4v) is 2.44. The monoisotopic (exact) mass is 353 g/mol. The van der Waals surface area contributed by atoms with Crippen LogP contribution in [0, 0.1) is 12.7 Å². The molecule has 1 amide bonds. The third kappa shape index (κ3) is 5.17. The molecule has 0 aliphatic heterocycles. The lowest BCUT2D eigenvalue weighted by molar-refractivity contribution is -0.116. The second-order valence-corrected chi connectivity index (χ2v) is 6.02. The van der Waals surface area contributed by atoms with Gasteiger partial charge in [0.25, 0.3) is 0 Å². The Morgan fingerprint density at radius 3 is 2.77 bits per heavy atom. The van der Waals surface area contributed by atoms with Crippen LogP contribution in [-0.2, 0) is 17.9 Å². The van der Waals surface area contributed by atoms with Gasteiger partial charge in [0, 0.05) is 30.9 Å². The molecular weight excluding hydrogens is 333 g/mol. The molecule has 6 heteroatoms. The molecule has 0 aliphatic carbocycles. The number of halogens is 1. The Balaban J connectivity index is 1.51. The Morgan fingerprint density at radius 1 is 1.23 bits per heavy atom. The number of nitrogens with zero attached hydrogens (tertiary/aromatic N) is 2. The number of aromatic nitrogens is 2. The summed E-state index contributed by atoms with van der Waals surface area (Å²) in [6.45, 7) is 2.82. The van der Waals surface area contributed by atoms with Gasteiger partial charge in [0.05, 0.1) is 6.20 Å².